The van der Waals surface area contributed by atoms with Gasteiger partial charge in [-0.05, 0) is 40.2 Å². The summed E-state index contributed by atoms with van der Waals surface area (Å²) >= 11 is 0. The van der Waals surface area contributed by atoms with Gasteiger partial charge in [0.25, 0.3) is 0 Å². The van der Waals surface area contributed by atoms with E-state index in [1.807, 2.05) is 20.8 Å². The lowest BCUT2D eigenvalue weighted by Gasteiger charge is -2.32. The van der Waals surface area contributed by atoms with Gasteiger partial charge in [-0.25, -0.2) is 0 Å². The topological polar surface area (TPSA) is 59.0 Å². The van der Waals surface area contributed by atoms with Gasteiger partial charge in [0.2, 0.25) is 0 Å². The molecule has 0 spiro atoms. The van der Waals surface area contributed by atoms with Crippen LogP contribution in [0.3, 0.4) is 0 Å². The van der Waals surface area contributed by atoms with E-state index in [4.69, 9.17) is 9.47 Å². The molecule has 1 aliphatic heterocycles. The number of piperidine rings is 1. The number of carbonyl (C=O) groups excluding carboxylic acids is 1. The monoisotopic (exact) mass is 273 g/mol. The van der Waals surface area contributed by atoms with Gasteiger partial charge in [-0.3, -0.25) is 9.69 Å². The predicted octanol–water partition coefficient (Wildman–Crippen LogP) is 1.05. The molecule has 0 radical (unpaired) electrons. The first-order valence-corrected chi connectivity index (χ1v) is 7.21. The van der Waals surface area contributed by atoms with Crippen molar-refractivity contribution in [3.8, 4) is 0 Å². The summed E-state index contributed by atoms with van der Waals surface area (Å²) in [5.41, 5.74) is 0. The summed E-state index contributed by atoms with van der Waals surface area (Å²) in [5.74, 6) is -0.160. The number of nitrogens with zero attached hydrogens (tertiary/aromatic N) is 1. The van der Waals surface area contributed by atoms with E-state index in [1.54, 1.807) is 0 Å². The van der Waals surface area contributed by atoms with E-state index >= 15 is 0 Å². The largest absolute Gasteiger partial charge is 0.466 e. The predicted molar refractivity (Wildman–Crippen MR) is 72.9 cm³/mol. The molecule has 112 valence electrons. The first-order valence-electron chi connectivity index (χ1n) is 7.21. The molecule has 5 heteroatoms. The van der Waals surface area contributed by atoms with Crippen molar-refractivity contribution in [3.05, 3.63) is 0 Å². The van der Waals surface area contributed by atoms with Crippen molar-refractivity contribution in [1.82, 2.24) is 4.90 Å². The highest BCUT2D eigenvalue weighted by molar-refractivity contribution is 5.72. The number of aliphatic hydroxyl groups excluding tert-OH is 1. The fourth-order valence-corrected chi connectivity index (χ4v) is 2.33. The summed E-state index contributed by atoms with van der Waals surface area (Å²) in [6.07, 6.45) is 1.49. The van der Waals surface area contributed by atoms with Crippen molar-refractivity contribution in [2.45, 2.75) is 45.8 Å². The van der Waals surface area contributed by atoms with Gasteiger partial charge in [0.15, 0.2) is 0 Å². The van der Waals surface area contributed by atoms with E-state index in [0.29, 0.717) is 26.3 Å². The molecule has 1 fully saturated rings. The highest BCUT2D eigenvalue weighted by Gasteiger charge is 2.27. The maximum Gasteiger partial charge on any atom is 0.310 e. The second kappa shape index (κ2) is 8.51. The number of hydrogen-bond acceptors (Lipinski definition) is 5. The fourth-order valence-electron chi connectivity index (χ4n) is 2.33. The summed E-state index contributed by atoms with van der Waals surface area (Å²) in [7, 11) is 0. The van der Waals surface area contributed by atoms with Gasteiger partial charge in [0.1, 0.15) is 0 Å². The molecule has 0 aromatic carbocycles. The lowest BCUT2D eigenvalue weighted by molar-refractivity contribution is -0.150. The molecule has 1 N–H and O–H groups in total. The third-order valence-corrected chi connectivity index (χ3v) is 3.22. The van der Waals surface area contributed by atoms with Crippen LogP contribution in [0.15, 0.2) is 0 Å². The Labute approximate surface area is 115 Å². The SMILES string of the molecule is CCOC(=O)C1CCCN(CC(O)COC(C)C)C1. The standard InChI is InChI=1S/C14H27NO4/c1-4-18-14(17)12-6-5-7-15(8-12)9-13(16)10-19-11(2)3/h11-13,16H,4-10H2,1-3H3. The van der Waals surface area contributed by atoms with Gasteiger partial charge in [-0.15, -0.1) is 0 Å². The van der Waals surface area contributed by atoms with Crippen LogP contribution in [0, 0.1) is 5.92 Å². The molecular weight excluding hydrogens is 246 g/mol. The molecule has 0 bridgehead atoms. The molecule has 2 atom stereocenters. The van der Waals surface area contributed by atoms with E-state index in [9.17, 15) is 9.90 Å². The van der Waals surface area contributed by atoms with Crippen LogP contribution in [-0.2, 0) is 14.3 Å². The van der Waals surface area contributed by atoms with Crippen LogP contribution in [-0.4, -0.2) is 61.0 Å². The van der Waals surface area contributed by atoms with Crippen molar-refractivity contribution in [3.63, 3.8) is 0 Å². The first-order chi connectivity index (χ1) is 9.02. The number of rotatable bonds is 7. The molecule has 1 saturated heterocycles. The molecule has 2 unspecified atom stereocenters. The van der Waals surface area contributed by atoms with Crippen molar-refractivity contribution in [1.29, 1.82) is 0 Å². The van der Waals surface area contributed by atoms with Gasteiger partial charge in [0.05, 0.1) is 31.3 Å². The Morgan fingerprint density at radius 3 is 2.84 bits per heavy atom. The van der Waals surface area contributed by atoms with E-state index < -0.39 is 6.10 Å². The van der Waals surface area contributed by atoms with Crippen LogP contribution in [0.5, 0.6) is 0 Å². The summed E-state index contributed by atoms with van der Waals surface area (Å²) in [5, 5.41) is 9.90. The van der Waals surface area contributed by atoms with Crippen molar-refractivity contribution < 1.29 is 19.4 Å². The maximum absolute atomic E-state index is 11.7. The third kappa shape index (κ3) is 6.36. The molecule has 0 aromatic heterocycles. The molecule has 1 aliphatic rings. The number of hydrogen-bond donors (Lipinski definition) is 1. The first kappa shape index (κ1) is 16.4. The van der Waals surface area contributed by atoms with Crippen LogP contribution >= 0.6 is 0 Å². The molecule has 0 aromatic rings. The molecule has 0 amide bonds. The summed E-state index contributed by atoms with van der Waals surface area (Å²) in [6, 6.07) is 0. The van der Waals surface area contributed by atoms with Gasteiger partial charge < -0.3 is 14.6 Å². The van der Waals surface area contributed by atoms with Gasteiger partial charge >= 0.3 is 5.97 Å². The minimum atomic E-state index is -0.497. The van der Waals surface area contributed by atoms with Crippen LogP contribution in [0.25, 0.3) is 0 Å². The lowest BCUT2D eigenvalue weighted by atomic mass is 9.98. The van der Waals surface area contributed by atoms with Crippen LogP contribution < -0.4 is 0 Å². The second-order valence-corrected chi connectivity index (χ2v) is 5.39. The van der Waals surface area contributed by atoms with Crippen molar-refractivity contribution in [2.75, 3.05) is 32.8 Å². The quantitative estimate of drug-likeness (QED) is 0.703. The zero-order valence-electron chi connectivity index (χ0n) is 12.3. The lowest BCUT2D eigenvalue weighted by Crippen LogP contribution is -2.44. The van der Waals surface area contributed by atoms with E-state index in [1.165, 1.54) is 0 Å². The van der Waals surface area contributed by atoms with Crippen LogP contribution in [0.4, 0.5) is 0 Å². The number of esters is 1. The molecule has 1 rings (SSSR count). The van der Waals surface area contributed by atoms with Crippen molar-refractivity contribution in [2.24, 2.45) is 5.92 Å². The Balaban J connectivity index is 2.32. The number of ether oxygens (including phenoxy) is 2. The average molecular weight is 273 g/mol. The number of β-amino-alcohol motifs (C(OH)–C–C–N with tert-alkyl or cyclic N) is 1. The molecule has 0 saturated carbocycles. The van der Waals surface area contributed by atoms with E-state index in [2.05, 4.69) is 4.90 Å². The summed E-state index contributed by atoms with van der Waals surface area (Å²) < 4.78 is 10.5. The fraction of sp³-hybridized carbons (Fsp3) is 0.929. The Bertz CT molecular complexity index is 270. The van der Waals surface area contributed by atoms with Gasteiger partial charge in [0, 0.05) is 13.1 Å². The van der Waals surface area contributed by atoms with Crippen LogP contribution in [0.2, 0.25) is 0 Å². The average Bonchev–Trinajstić information content (AvgIpc) is 2.37. The van der Waals surface area contributed by atoms with E-state index in [-0.39, 0.29) is 18.0 Å². The van der Waals surface area contributed by atoms with Crippen LogP contribution in [0.1, 0.15) is 33.6 Å². The molecule has 0 aliphatic carbocycles. The highest BCUT2D eigenvalue weighted by Crippen LogP contribution is 2.18. The number of carbonyl (C=O) groups is 1. The molecular formula is C14H27NO4. The second-order valence-electron chi connectivity index (χ2n) is 5.39. The zero-order valence-corrected chi connectivity index (χ0v) is 12.3. The normalized spacial score (nSPS) is 22.5. The molecule has 19 heavy (non-hydrogen) atoms. The molecule has 1 heterocycles. The number of likely N-dealkylation sites (tertiary alicyclic amines) is 1. The van der Waals surface area contributed by atoms with Crippen molar-refractivity contribution >= 4 is 5.97 Å². The number of aliphatic hydroxyl groups is 1. The minimum absolute atomic E-state index is 0.0492. The van der Waals surface area contributed by atoms with Gasteiger partial charge in [-0.1, -0.05) is 0 Å². The Morgan fingerprint density at radius 1 is 1.47 bits per heavy atom. The molecule has 5 nitrogen and oxygen atoms in total. The van der Waals surface area contributed by atoms with Gasteiger partial charge in [-0.2, -0.15) is 0 Å². The highest BCUT2D eigenvalue weighted by atomic mass is 16.5. The van der Waals surface area contributed by atoms with E-state index in [0.717, 1.165) is 19.4 Å². The maximum atomic E-state index is 11.7. The zero-order chi connectivity index (χ0) is 14.3. The Kier molecular flexibility index (Phi) is 7.34. The smallest absolute Gasteiger partial charge is 0.310 e. The summed E-state index contributed by atoms with van der Waals surface area (Å²) in [4.78, 5) is 13.8. The Morgan fingerprint density at radius 2 is 2.21 bits per heavy atom. The Hall–Kier alpha value is -0.650. The summed E-state index contributed by atoms with van der Waals surface area (Å²) in [6.45, 7) is 8.66. The minimum Gasteiger partial charge on any atom is -0.466 e. The third-order valence-electron chi connectivity index (χ3n) is 3.22.